The number of halogens is 1. The molecule has 0 atom stereocenters. The van der Waals surface area contributed by atoms with Gasteiger partial charge in [0.2, 0.25) is 0 Å². The lowest BCUT2D eigenvalue weighted by Crippen LogP contribution is -2.02. The monoisotopic (exact) mass is 277 g/mol. The molecule has 0 saturated heterocycles. The molecule has 0 N–H and O–H groups in total. The highest BCUT2D eigenvalue weighted by molar-refractivity contribution is 9.10. The Morgan fingerprint density at radius 2 is 2.31 bits per heavy atom. The minimum atomic E-state index is 0.367. The van der Waals surface area contributed by atoms with Crippen LogP contribution in [-0.4, -0.2) is 9.55 Å². The lowest BCUT2D eigenvalue weighted by atomic mass is 10.3. The van der Waals surface area contributed by atoms with Crippen LogP contribution in [0.15, 0.2) is 22.7 Å². The molecule has 0 radical (unpaired) electrons. The van der Waals surface area contributed by atoms with E-state index >= 15 is 0 Å². The summed E-state index contributed by atoms with van der Waals surface area (Å²) in [6.07, 6.45) is 1.41. The van der Waals surface area contributed by atoms with Gasteiger partial charge < -0.3 is 4.57 Å². The van der Waals surface area contributed by atoms with Crippen LogP contribution in [0, 0.1) is 11.3 Å². The van der Waals surface area contributed by atoms with Crippen molar-refractivity contribution in [2.24, 2.45) is 0 Å². The Morgan fingerprint density at radius 1 is 1.50 bits per heavy atom. The molecule has 1 heterocycles. The van der Waals surface area contributed by atoms with E-state index in [1.54, 1.807) is 0 Å². The van der Waals surface area contributed by atoms with E-state index in [9.17, 15) is 0 Å². The van der Waals surface area contributed by atoms with E-state index in [0.29, 0.717) is 6.42 Å². The molecular weight excluding hydrogens is 266 g/mol. The average molecular weight is 278 g/mol. The topological polar surface area (TPSA) is 41.6 Å². The fourth-order valence-electron chi connectivity index (χ4n) is 1.83. The number of imidazole rings is 1. The normalized spacial score (nSPS) is 10.6. The molecule has 1 aromatic carbocycles. The van der Waals surface area contributed by atoms with Crippen LogP contribution in [-0.2, 0) is 13.0 Å². The van der Waals surface area contributed by atoms with E-state index < -0.39 is 0 Å². The molecule has 0 aliphatic heterocycles. The van der Waals surface area contributed by atoms with Gasteiger partial charge in [-0.3, -0.25) is 0 Å². The second-order valence-electron chi connectivity index (χ2n) is 3.65. The van der Waals surface area contributed by atoms with Crippen molar-refractivity contribution in [3.63, 3.8) is 0 Å². The van der Waals surface area contributed by atoms with Crippen LogP contribution in [0.5, 0.6) is 0 Å². The summed E-state index contributed by atoms with van der Waals surface area (Å²) in [6.45, 7) is 3.04. The number of fused-ring (bicyclic) bond motifs is 1. The summed E-state index contributed by atoms with van der Waals surface area (Å²) >= 11 is 3.43. The van der Waals surface area contributed by atoms with Crippen molar-refractivity contribution in [1.82, 2.24) is 9.55 Å². The molecule has 3 nitrogen and oxygen atoms in total. The molecule has 0 bridgehead atoms. The van der Waals surface area contributed by atoms with Crippen LogP contribution < -0.4 is 0 Å². The minimum absolute atomic E-state index is 0.367. The molecule has 2 aromatic rings. The van der Waals surface area contributed by atoms with Crippen molar-refractivity contribution in [3.8, 4) is 6.07 Å². The predicted molar refractivity (Wildman–Crippen MR) is 67.0 cm³/mol. The van der Waals surface area contributed by atoms with E-state index in [-0.39, 0.29) is 0 Å². The first-order chi connectivity index (χ1) is 7.76. The molecular formula is C12H12BrN3. The third-order valence-corrected chi connectivity index (χ3v) is 2.97. The zero-order valence-electron chi connectivity index (χ0n) is 9.07. The van der Waals surface area contributed by atoms with Crippen LogP contribution in [0.3, 0.4) is 0 Å². The quantitative estimate of drug-likeness (QED) is 0.864. The number of hydrogen-bond donors (Lipinski definition) is 0. The Bertz CT molecular complexity index is 551. The Labute approximate surface area is 103 Å². The van der Waals surface area contributed by atoms with Crippen LogP contribution in [0.25, 0.3) is 11.0 Å². The van der Waals surface area contributed by atoms with Gasteiger partial charge >= 0.3 is 0 Å². The van der Waals surface area contributed by atoms with Gasteiger partial charge in [-0.1, -0.05) is 22.9 Å². The summed E-state index contributed by atoms with van der Waals surface area (Å²) in [5.41, 5.74) is 2.06. The fraction of sp³-hybridized carbons (Fsp3) is 0.333. The van der Waals surface area contributed by atoms with Gasteiger partial charge in [-0.2, -0.15) is 5.26 Å². The third-order valence-electron chi connectivity index (χ3n) is 2.47. The highest BCUT2D eigenvalue weighted by Gasteiger charge is 2.09. The maximum Gasteiger partial charge on any atom is 0.124 e. The van der Waals surface area contributed by atoms with E-state index in [1.165, 1.54) is 0 Å². The third kappa shape index (κ3) is 1.96. The molecule has 0 unspecified atom stereocenters. The molecule has 0 saturated carbocycles. The Balaban J connectivity index is 2.61. The van der Waals surface area contributed by atoms with Gasteiger partial charge in [0.05, 0.1) is 23.5 Å². The number of rotatable bonds is 3. The first-order valence-electron chi connectivity index (χ1n) is 5.28. The van der Waals surface area contributed by atoms with Crippen molar-refractivity contribution < 1.29 is 0 Å². The average Bonchev–Trinajstić information content (AvgIpc) is 2.57. The molecule has 0 amide bonds. The zero-order chi connectivity index (χ0) is 11.5. The largest absolute Gasteiger partial charge is 0.327 e. The molecule has 0 spiro atoms. The highest BCUT2D eigenvalue weighted by Crippen LogP contribution is 2.21. The maximum atomic E-state index is 8.78. The van der Waals surface area contributed by atoms with Crippen molar-refractivity contribution >= 4 is 27.0 Å². The zero-order valence-corrected chi connectivity index (χ0v) is 10.7. The van der Waals surface area contributed by atoms with Crippen LogP contribution in [0.4, 0.5) is 0 Å². The van der Waals surface area contributed by atoms with E-state index in [1.807, 2.05) is 18.2 Å². The summed E-state index contributed by atoms with van der Waals surface area (Å²) in [5.74, 6) is 0.859. The second kappa shape index (κ2) is 4.67. The van der Waals surface area contributed by atoms with E-state index in [4.69, 9.17) is 5.26 Å². The second-order valence-corrected chi connectivity index (χ2v) is 4.56. The lowest BCUT2D eigenvalue weighted by Gasteiger charge is -2.04. The van der Waals surface area contributed by atoms with Crippen molar-refractivity contribution in [3.05, 3.63) is 28.5 Å². The number of hydrogen-bond acceptors (Lipinski definition) is 2. The number of nitriles is 1. The molecule has 0 aliphatic rings. The van der Waals surface area contributed by atoms with Gasteiger partial charge in [-0.15, -0.1) is 0 Å². The number of aryl methyl sites for hydroxylation is 1. The smallest absolute Gasteiger partial charge is 0.124 e. The molecule has 2 rings (SSSR count). The van der Waals surface area contributed by atoms with Crippen LogP contribution in [0.1, 0.15) is 19.2 Å². The van der Waals surface area contributed by atoms with Crippen LogP contribution in [0.2, 0.25) is 0 Å². The Kier molecular flexibility index (Phi) is 3.25. The molecule has 0 fully saturated rings. The summed E-state index contributed by atoms with van der Waals surface area (Å²) in [5, 5.41) is 8.78. The predicted octanol–water partition coefficient (Wildman–Crippen LogP) is 3.27. The summed E-state index contributed by atoms with van der Waals surface area (Å²) in [4.78, 5) is 4.49. The van der Waals surface area contributed by atoms with Gasteiger partial charge in [0.25, 0.3) is 0 Å². The van der Waals surface area contributed by atoms with Crippen molar-refractivity contribution in [2.45, 2.75) is 26.3 Å². The van der Waals surface area contributed by atoms with Gasteiger partial charge in [0.15, 0.2) is 0 Å². The summed E-state index contributed by atoms with van der Waals surface area (Å²) in [7, 11) is 0. The Morgan fingerprint density at radius 3 is 3.00 bits per heavy atom. The first-order valence-corrected chi connectivity index (χ1v) is 6.07. The van der Waals surface area contributed by atoms with Gasteiger partial charge in [0, 0.05) is 11.0 Å². The molecule has 82 valence electrons. The number of benzene rings is 1. The van der Waals surface area contributed by atoms with Gasteiger partial charge in [-0.05, 0) is 24.6 Å². The maximum absolute atomic E-state index is 8.78. The molecule has 0 aliphatic carbocycles. The SMILES string of the molecule is CCCn1c(CC#N)nc2cc(Br)ccc21. The number of nitrogens with zero attached hydrogens (tertiary/aromatic N) is 3. The molecule has 16 heavy (non-hydrogen) atoms. The Hall–Kier alpha value is -1.34. The first kappa shape index (κ1) is 11.2. The fourth-order valence-corrected chi connectivity index (χ4v) is 2.18. The van der Waals surface area contributed by atoms with Crippen LogP contribution >= 0.6 is 15.9 Å². The number of aromatic nitrogens is 2. The summed E-state index contributed by atoms with van der Waals surface area (Å²) < 4.78 is 3.15. The summed E-state index contributed by atoms with van der Waals surface area (Å²) in [6, 6.07) is 8.20. The van der Waals surface area contributed by atoms with Gasteiger partial charge in [-0.25, -0.2) is 4.98 Å². The van der Waals surface area contributed by atoms with Gasteiger partial charge in [0.1, 0.15) is 5.82 Å². The van der Waals surface area contributed by atoms with Crippen molar-refractivity contribution in [1.29, 1.82) is 5.26 Å². The van der Waals surface area contributed by atoms with E-state index in [0.717, 1.165) is 34.3 Å². The molecule has 1 aromatic heterocycles. The molecule has 4 heteroatoms. The lowest BCUT2D eigenvalue weighted by molar-refractivity contribution is 0.667. The minimum Gasteiger partial charge on any atom is -0.327 e. The van der Waals surface area contributed by atoms with E-state index in [2.05, 4.69) is 38.5 Å². The standard InChI is InChI=1S/C12H12BrN3/c1-2-7-16-11-4-3-9(13)8-10(11)15-12(16)5-6-14/h3-4,8H,2,5,7H2,1H3. The van der Waals surface area contributed by atoms with Crippen molar-refractivity contribution in [2.75, 3.05) is 0 Å². The highest BCUT2D eigenvalue weighted by atomic mass is 79.9.